The maximum Gasteiger partial charge on any atom is 0.325 e. The van der Waals surface area contributed by atoms with Crippen LogP contribution in [-0.2, 0) is 27.2 Å². The number of carbonyl (C=O) groups excluding carboxylic acids is 2. The van der Waals surface area contributed by atoms with Crippen LogP contribution in [0.2, 0.25) is 0 Å². The number of fused-ring (bicyclic) bond motifs is 1. The summed E-state index contributed by atoms with van der Waals surface area (Å²) in [5.41, 5.74) is 7.90. The van der Waals surface area contributed by atoms with E-state index in [0.29, 0.717) is 19.1 Å². The SMILES string of the molecule is CCOC(=O)CN1CCC(NCC2CNc3nc(CCCCN)ccc3C2)C1=O. The predicted molar refractivity (Wildman–Crippen MR) is 112 cm³/mol. The van der Waals surface area contributed by atoms with Gasteiger partial charge in [0.2, 0.25) is 5.91 Å². The number of likely N-dealkylation sites (tertiary alicyclic amines) is 1. The van der Waals surface area contributed by atoms with Gasteiger partial charge in [-0.1, -0.05) is 6.07 Å². The number of carbonyl (C=O) groups is 2. The minimum atomic E-state index is -0.343. The molecule has 3 heterocycles. The van der Waals surface area contributed by atoms with Crippen molar-refractivity contribution in [1.82, 2.24) is 15.2 Å². The van der Waals surface area contributed by atoms with E-state index in [0.717, 1.165) is 63.3 Å². The Balaban J connectivity index is 1.45. The number of rotatable bonds is 10. The lowest BCUT2D eigenvalue weighted by Gasteiger charge is -2.27. The van der Waals surface area contributed by atoms with Crippen LogP contribution >= 0.6 is 0 Å². The van der Waals surface area contributed by atoms with Crippen molar-refractivity contribution in [2.45, 2.75) is 45.1 Å². The van der Waals surface area contributed by atoms with E-state index in [2.05, 4.69) is 22.8 Å². The fourth-order valence-electron chi connectivity index (χ4n) is 3.96. The second kappa shape index (κ2) is 10.5. The zero-order valence-corrected chi connectivity index (χ0v) is 17.3. The Labute approximate surface area is 172 Å². The van der Waals surface area contributed by atoms with Gasteiger partial charge in [-0.2, -0.15) is 0 Å². The number of amides is 1. The van der Waals surface area contributed by atoms with Gasteiger partial charge in [-0.15, -0.1) is 0 Å². The van der Waals surface area contributed by atoms with Crippen molar-refractivity contribution in [3.8, 4) is 0 Å². The number of nitrogens with zero attached hydrogens (tertiary/aromatic N) is 2. The Hall–Kier alpha value is -2.19. The highest BCUT2D eigenvalue weighted by molar-refractivity contribution is 5.87. The van der Waals surface area contributed by atoms with Gasteiger partial charge in [-0.3, -0.25) is 9.59 Å². The van der Waals surface area contributed by atoms with Gasteiger partial charge in [-0.05, 0) is 63.1 Å². The first kappa shape index (κ1) is 21.5. The normalized spacial score (nSPS) is 21.0. The lowest BCUT2D eigenvalue weighted by molar-refractivity contribution is -0.147. The molecule has 1 aromatic heterocycles. The molecule has 0 spiro atoms. The number of nitrogens with two attached hydrogens (primary N) is 1. The summed E-state index contributed by atoms with van der Waals surface area (Å²) >= 11 is 0. The molecule has 1 fully saturated rings. The topological polar surface area (TPSA) is 110 Å². The predicted octanol–water partition coefficient (Wildman–Crippen LogP) is 0.701. The summed E-state index contributed by atoms with van der Waals surface area (Å²) in [4.78, 5) is 30.4. The van der Waals surface area contributed by atoms with E-state index in [4.69, 9.17) is 15.5 Å². The van der Waals surface area contributed by atoms with Crippen LogP contribution in [0, 0.1) is 5.92 Å². The van der Waals surface area contributed by atoms with E-state index < -0.39 is 0 Å². The summed E-state index contributed by atoms with van der Waals surface area (Å²) < 4.78 is 4.94. The number of nitrogens with one attached hydrogen (secondary N) is 2. The molecule has 29 heavy (non-hydrogen) atoms. The molecule has 0 aliphatic carbocycles. The summed E-state index contributed by atoms with van der Waals surface area (Å²) in [6.07, 6.45) is 4.72. The van der Waals surface area contributed by atoms with Gasteiger partial charge in [0.25, 0.3) is 0 Å². The van der Waals surface area contributed by atoms with Crippen molar-refractivity contribution in [3.63, 3.8) is 0 Å². The zero-order valence-electron chi connectivity index (χ0n) is 17.3. The number of esters is 1. The molecule has 1 amide bonds. The fourth-order valence-corrected chi connectivity index (χ4v) is 3.96. The molecular formula is C21H33N5O3. The van der Waals surface area contributed by atoms with Crippen molar-refractivity contribution in [2.75, 3.05) is 44.6 Å². The summed E-state index contributed by atoms with van der Waals surface area (Å²) in [6.45, 7) is 5.06. The van der Waals surface area contributed by atoms with Gasteiger partial charge in [0.05, 0.1) is 12.6 Å². The van der Waals surface area contributed by atoms with E-state index in [1.807, 2.05) is 0 Å². The van der Waals surface area contributed by atoms with Crippen LogP contribution in [0.5, 0.6) is 0 Å². The molecule has 4 N–H and O–H groups in total. The van der Waals surface area contributed by atoms with Crippen LogP contribution in [0.25, 0.3) is 0 Å². The highest BCUT2D eigenvalue weighted by atomic mass is 16.5. The number of hydrogen-bond donors (Lipinski definition) is 3. The second-order valence-corrected chi connectivity index (χ2v) is 7.82. The van der Waals surface area contributed by atoms with Crippen molar-refractivity contribution >= 4 is 17.7 Å². The van der Waals surface area contributed by atoms with Crippen LogP contribution < -0.4 is 16.4 Å². The number of ether oxygens (including phenoxy) is 1. The lowest BCUT2D eigenvalue weighted by atomic mass is 9.95. The summed E-state index contributed by atoms with van der Waals surface area (Å²) in [6, 6.07) is 4.07. The number of aromatic nitrogens is 1. The molecule has 0 aromatic carbocycles. The molecule has 160 valence electrons. The Morgan fingerprint density at radius 3 is 3.07 bits per heavy atom. The molecule has 0 radical (unpaired) electrons. The molecule has 0 saturated carbocycles. The first-order chi connectivity index (χ1) is 14.1. The molecule has 2 atom stereocenters. The van der Waals surface area contributed by atoms with Gasteiger partial charge in [0.1, 0.15) is 12.4 Å². The Bertz CT molecular complexity index is 712. The average molecular weight is 404 g/mol. The van der Waals surface area contributed by atoms with Crippen molar-refractivity contribution in [2.24, 2.45) is 11.7 Å². The first-order valence-electron chi connectivity index (χ1n) is 10.7. The molecule has 0 bridgehead atoms. The van der Waals surface area contributed by atoms with Crippen LogP contribution in [0.15, 0.2) is 12.1 Å². The summed E-state index contributed by atoms with van der Waals surface area (Å²) in [5.74, 6) is 1.04. The monoisotopic (exact) mass is 403 g/mol. The largest absolute Gasteiger partial charge is 0.465 e. The molecular weight excluding hydrogens is 370 g/mol. The number of aryl methyl sites for hydroxylation is 1. The third-order valence-electron chi connectivity index (χ3n) is 5.57. The minimum absolute atomic E-state index is 0.00832. The van der Waals surface area contributed by atoms with E-state index in [1.54, 1.807) is 11.8 Å². The number of pyridine rings is 1. The van der Waals surface area contributed by atoms with Crippen LogP contribution in [0.4, 0.5) is 5.82 Å². The quantitative estimate of drug-likeness (QED) is 0.390. The first-order valence-corrected chi connectivity index (χ1v) is 10.7. The van der Waals surface area contributed by atoms with Crippen molar-refractivity contribution in [3.05, 3.63) is 23.4 Å². The molecule has 2 aliphatic heterocycles. The molecule has 3 rings (SSSR count). The smallest absolute Gasteiger partial charge is 0.325 e. The van der Waals surface area contributed by atoms with Crippen molar-refractivity contribution in [1.29, 1.82) is 0 Å². The van der Waals surface area contributed by atoms with E-state index in [-0.39, 0.29) is 24.5 Å². The maximum absolute atomic E-state index is 12.5. The minimum Gasteiger partial charge on any atom is -0.465 e. The number of hydrogen-bond acceptors (Lipinski definition) is 7. The molecule has 2 unspecified atom stereocenters. The van der Waals surface area contributed by atoms with E-state index >= 15 is 0 Å². The van der Waals surface area contributed by atoms with Gasteiger partial charge in [0, 0.05) is 25.3 Å². The maximum atomic E-state index is 12.5. The number of anilines is 1. The Morgan fingerprint density at radius 2 is 2.28 bits per heavy atom. The van der Waals surface area contributed by atoms with Gasteiger partial charge in [-0.25, -0.2) is 4.98 Å². The second-order valence-electron chi connectivity index (χ2n) is 7.82. The molecule has 2 aliphatic rings. The molecule has 1 aromatic rings. The molecule has 8 nitrogen and oxygen atoms in total. The fraction of sp³-hybridized carbons (Fsp3) is 0.667. The third kappa shape index (κ3) is 5.90. The average Bonchev–Trinajstić information content (AvgIpc) is 3.06. The van der Waals surface area contributed by atoms with E-state index in [9.17, 15) is 9.59 Å². The number of unbranched alkanes of at least 4 members (excludes halogenated alkanes) is 1. The molecule has 1 saturated heterocycles. The zero-order chi connectivity index (χ0) is 20.6. The van der Waals surface area contributed by atoms with Crippen LogP contribution in [0.1, 0.15) is 37.4 Å². The van der Waals surface area contributed by atoms with Gasteiger partial charge < -0.3 is 26.0 Å². The summed E-state index contributed by atoms with van der Waals surface area (Å²) in [5, 5.41) is 6.84. The Morgan fingerprint density at radius 1 is 1.41 bits per heavy atom. The standard InChI is InChI=1S/C21H33N5O3/c1-2-29-19(27)14-26-10-8-18(21(26)28)23-12-15-11-16-6-7-17(5-3-4-9-22)25-20(16)24-13-15/h6-7,15,18,23H,2-5,8-14,22H2,1H3,(H,24,25). The third-order valence-corrected chi connectivity index (χ3v) is 5.57. The lowest BCUT2D eigenvalue weighted by Crippen LogP contribution is -2.43. The van der Waals surface area contributed by atoms with Crippen LogP contribution in [0.3, 0.4) is 0 Å². The van der Waals surface area contributed by atoms with Crippen molar-refractivity contribution < 1.29 is 14.3 Å². The molecule has 8 heteroatoms. The van der Waals surface area contributed by atoms with Gasteiger partial charge in [0.15, 0.2) is 0 Å². The highest BCUT2D eigenvalue weighted by Crippen LogP contribution is 2.24. The van der Waals surface area contributed by atoms with E-state index in [1.165, 1.54) is 5.56 Å². The highest BCUT2D eigenvalue weighted by Gasteiger charge is 2.33. The summed E-state index contributed by atoms with van der Waals surface area (Å²) in [7, 11) is 0. The van der Waals surface area contributed by atoms with Gasteiger partial charge >= 0.3 is 5.97 Å². The Kier molecular flexibility index (Phi) is 7.83. The van der Waals surface area contributed by atoms with Crippen LogP contribution in [-0.4, -0.2) is 67.1 Å².